The summed E-state index contributed by atoms with van der Waals surface area (Å²) in [6.07, 6.45) is 5.07. The van der Waals surface area contributed by atoms with Crippen molar-refractivity contribution in [3.63, 3.8) is 0 Å². The van der Waals surface area contributed by atoms with Crippen LogP contribution in [0.4, 0.5) is 14.5 Å². The standard InChI is InChI=1S/C29H26F2N6O5/c1-4-36-16-21(28(40)37(29(36)41)20-8-5-18(30)6-9-20)26(38)34-19-7-10-24(22(31)14-19)42-25-13-17(27(39)35(2)3)15-33-23(25)11-12-32/h5-16H,4,32H2,1-3H3,(H,34,38). The van der Waals surface area contributed by atoms with Gasteiger partial charge < -0.3 is 20.7 Å². The van der Waals surface area contributed by atoms with Crippen LogP contribution in [-0.2, 0) is 6.54 Å². The van der Waals surface area contributed by atoms with Crippen molar-refractivity contribution >= 4 is 23.6 Å². The Bertz CT molecular complexity index is 1810. The van der Waals surface area contributed by atoms with Gasteiger partial charge in [-0.05, 0) is 61.7 Å². The van der Waals surface area contributed by atoms with Crippen LogP contribution < -0.4 is 27.0 Å². The summed E-state index contributed by atoms with van der Waals surface area (Å²) in [6.45, 7) is 1.78. The Morgan fingerprint density at radius 2 is 1.79 bits per heavy atom. The number of rotatable bonds is 8. The molecule has 2 heterocycles. The molecule has 2 aromatic carbocycles. The maximum Gasteiger partial charge on any atom is 0.335 e. The zero-order valence-electron chi connectivity index (χ0n) is 22.8. The summed E-state index contributed by atoms with van der Waals surface area (Å²) >= 11 is 0. The molecule has 4 rings (SSSR count). The van der Waals surface area contributed by atoms with E-state index in [9.17, 15) is 23.6 Å². The quantitative estimate of drug-likeness (QED) is 0.328. The van der Waals surface area contributed by atoms with Crippen LogP contribution in [0, 0.1) is 11.6 Å². The number of amides is 2. The van der Waals surface area contributed by atoms with Crippen LogP contribution in [0.3, 0.4) is 0 Å². The van der Waals surface area contributed by atoms with Crippen molar-refractivity contribution in [1.29, 1.82) is 0 Å². The van der Waals surface area contributed by atoms with Gasteiger partial charge in [-0.25, -0.2) is 18.1 Å². The first-order valence-electron chi connectivity index (χ1n) is 12.5. The predicted molar refractivity (Wildman–Crippen MR) is 152 cm³/mol. The van der Waals surface area contributed by atoms with E-state index in [4.69, 9.17) is 10.5 Å². The van der Waals surface area contributed by atoms with E-state index >= 15 is 4.39 Å². The number of benzene rings is 2. The summed E-state index contributed by atoms with van der Waals surface area (Å²) in [6, 6.07) is 9.60. The number of aromatic nitrogens is 3. The van der Waals surface area contributed by atoms with E-state index in [0.717, 1.165) is 33.5 Å². The molecule has 216 valence electrons. The van der Waals surface area contributed by atoms with Crippen molar-refractivity contribution in [1.82, 2.24) is 19.0 Å². The smallest absolute Gasteiger partial charge is 0.335 e. The number of halogens is 2. The molecule has 0 aliphatic carbocycles. The van der Waals surface area contributed by atoms with E-state index in [0.29, 0.717) is 0 Å². The van der Waals surface area contributed by atoms with Crippen molar-refractivity contribution in [3.05, 3.63) is 116 Å². The minimum absolute atomic E-state index is 0.0106. The van der Waals surface area contributed by atoms with Crippen LogP contribution in [0.1, 0.15) is 33.3 Å². The number of ether oxygens (including phenoxy) is 1. The van der Waals surface area contributed by atoms with E-state index in [-0.39, 0.29) is 46.6 Å². The highest BCUT2D eigenvalue weighted by Gasteiger charge is 2.20. The molecular formula is C29H26F2N6O5. The van der Waals surface area contributed by atoms with Gasteiger partial charge in [-0.2, -0.15) is 0 Å². The molecule has 11 nitrogen and oxygen atoms in total. The molecule has 0 saturated carbocycles. The van der Waals surface area contributed by atoms with Crippen molar-refractivity contribution in [3.8, 4) is 17.2 Å². The molecule has 0 aliphatic heterocycles. The molecule has 3 N–H and O–H groups in total. The summed E-state index contributed by atoms with van der Waals surface area (Å²) in [7, 11) is 3.14. The molecule has 0 bridgehead atoms. The Hall–Kier alpha value is -5.59. The van der Waals surface area contributed by atoms with E-state index in [1.165, 1.54) is 53.7 Å². The summed E-state index contributed by atoms with van der Waals surface area (Å²) in [5.74, 6) is -2.87. The molecule has 4 aromatic rings. The van der Waals surface area contributed by atoms with Gasteiger partial charge in [-0.3, -0.25) is 23.9 Å². The maximum absolute atomic E-state index is 15.1. The van der Waals surface area contributed by atoms with Gasteiger partial charge in [0.2, 0.25) is 0 Å². The minimum atomic E-state index is -0.936. The van der Waals surface area contributed by atoms with Crippen LogP contribution in [0.15, 0.2) is 76.7 Å². The average Bonchev–Trinajstić information content (AvgIpc) is 2.96. The SMILES string of the molecule is CCn1cc(C(=O)Nc2ccc(Oc3cc(C(=O)N(C)C)cnc3C=CN)c(F)c2)c(=O)n(-c2ccc(F)cc2)c1=O. The predicted octanol–water partition coefficient (Wildman–Crippen LogP) is 3.37. The Morgan fingerprint density at radius 1 is 1.07 bits per heavy atom. The lowest BCUT2D eigenvalue weighted by atomic mass is 10.2. The Kier molecular flexibility index (Phi) is 8.60. The first-order chi connectivity index (χ1) is 20.0. The second-order valence-electron chi connectivity index (χ2n) is 9.10. The largest absolute Gasteiger partial charge is 0.452 e. The molecule has 0 aliphatic rings. The lowest BCUT2D eigenvalue weighted by Gasteiger charge is -2.14. The van der Waals surface area contributed by atoms with Crippen LogP contribution in [0.2, 0.25) is 0 Å². The highest BCUT2D eigenvalue weighted by atomic mass is 19.1. The number of hydrogen-bond acceptors (Lipinski definition) is 7. The molecule has 0 fully saturated rings. The number of carbonyl (C=O) groups excluding carboxylic acids is 2. The summed E-state index contributed by atoms with van der Waals surface area (Å²) < 4.78 is 36.1. The van der Waals surface area contributed by atoms with Gasteiger partial charge in [0, 0.05) is 44.8 Å². The van der Waals surface area contributed by atoms with Gasteiger partial charge >= 0.3 is 5.69 Å². The van der Waals surface area contributed by atoms with Crippen molar-refractivity contribution in [2.75, 3.05) is 19.4 Å². The van der Waals surface area contributed by atoms with E-state index in [1.807, 2.05) is 0 Å². The van der Waals surface area contributed by atoms with Crippen LogP contribution in [0.5, 0.6) is 11.5 Å². The van der Waals surface area contributed by atoms with Crippen molar-refractivity contribution in [2.24, 2.45) is 5.73 Å². The zero-order valence-corrected chi connectivity index (χ0v) is 22.8. The molecule has 42 heavy (non-hydrogen) atoms. The molecule has 2 aromatic heterocycles. The molecule has 0 spiro atoms. The zero-order chi connectivity index (χ0) is 30.6. The van der Waals surface area contributed by atoms with Gasteiger partial charge in [-0.15, -0.1) is 0 Å². The van der Waals surface area contributed by atoms with E-state index < -0.39 is 34.4 Å². The third-order valence-corrected chi connectivity index (χ3v) is 6.02. The second kappa shape index (κ2) is 12.3. The Morgan fingerprint density at radius 3 is 2.40 bits per heavy atom. The van der Waals surface area contributed by atoms with Gasteiger partial charge in [0.05, 0.1) is 11.3 Å². The fourth-order valence-electron chi connectivity index (χ4n) is 3.91. The molecular weight excluding hydrogens is 550 g/mol. The third-order valence-electron chi connectivity index (χ3n) is 6.02. The van der Waals surface area contributed by atoms with Crippen LogP contribution in [0.25, 0.3) is 11.8 Å². The van der Waals surface area contributed by atoms with Crippen molar-refractivity contribution < 1.29 is 23.1 Å². The van der Waals surface area contributed by atoms with Crippen LogP contribution in [-0.4, -0.2) is 44.9 Å². The topological polar surface area (TPSA) is 142 Å². The highest BCUT2D eigenvalue weighted by molar-refractivity contribution is 6.04. The van der Waals surface area contributed by atoms with E-state index in [1.54, 1.807) is 21.0 Å². The summed E-state index contributed by atoms with van der Waals surface area (Å²) in [5.41, 5.74) is 3.94. The number of anilines is 1. The highest BCUT2D eigenvalue weighted by Crippen LogP contribution is 2.30. The molecule has 2 amide bonds. The third kappa shape index (κ3) is 6.09. The molecule has 0 unspecified atom stereocenters. The van der Waals surface area contributed by atoms with Crippen LogP contribution >= 0.6 is 0 Å². The molecule has 13 heteroatoms. The van der Waals surface area contributed by atoms with Gasteiger partial charge in [-0.1, -0.05) is 0 Å². The Labute approximate surface area is 238 Å². The normalized spacial score (nSPS) is 11.0. The first kappa shape index (κ1) is 29.4. The molecule has 0 radical (unpaired) electrons. The minimum Gasteiger partial charge on any atom is -0.452 e. The number of carbonyl (C=O) groups is 2. The number of nitrogens with two attached hydrogens (primary N) is 1. The van der Waals surface area contributed by atoms with Gasteiger partial charge in [0.1, 0.15) is 17.1 Å². The average molecular weight is 577 g/mol. The number of nitrogens with zero attached hydrogens (tertiary/aromatic N) is 4. The number of nitrogens with one attached hydrogen (secondary N) is 1. The lowest BCUT2D eigenvalue weighted by molar-refractivity contribution is 0.0826. The fraction of sp³-hybridized carbons (Fsp3) is 0.138. The number of hydrogen-bond donors (Lipinski definition) is 2. The van der Waals surface area contributed by atoms with Gasteiger partial charge in [0.25, 0.3) is 17.4 Å². The monoisotopic (exact) mass is 576 g/mol. The maximum atomic E-state index is 15.1. The van der Waals surface area contributed by atoms with Crippen molar-refractivity contribution in [2.45, 2.75) is 13.5 Å². The number of aryl methyl sites for hydroxylation is 1. The molecule has 0 atom stereocenters. The fourth-order valence-corrected chi connectivity index (χ4v) is 3.91. The first-order valence-corrected chi connectivity index (χ1v) is 12.5. The second-order valence-corrected chi connectivity index (χ2v) is 9.10. The van der Waals surface area contributed by atoms with Gasteiger partial charge in [0.15, 0.2) is 17.3 Å². The number of pyridine rings is 1. The Balaban J connectivity index is 1.64. The molecule has 0 saturated heterocycles. The lowest BCUT2D eigenvalue weighted by Crippen LogP contribution is -2.42. The summed E-state index contributed by atoms with van der Waals surface area (Å²) in [4.78, 5) is 56.9. The summed E-state index contributed by atoms with van der Waals surface area (Å²) in [5, 5.41) is 2.44. The van der Waals surface area contributed by atoms with E-state index in [2.05, 4.69) is 10.3 Å².